The summed E-state index contributed by atoms with van der Waals surface area (Å²) in [7, 11) is 0. The maximum atomic E-state index is 11.6. The molecule has 1 N–H and O–H groups in total. The van der Waals surface area contributed by atoms with E-state index >= 15 is 0 Å². The van der Waals surface area contributed by atoms with Crippen molar-refractivity contribution in [1.82, 2.24) is 4.90 Å². The molecular formula is C12H10BrNO5S. The van der Waals surface area contributed by atoms with E-state index < -0.39 is 11.9 Å². The lowest BCUT2D eigenvalue weighted by Crippen LogP contribution is -2.54. The second-order valence-electron chi connectivity index (χ2n) is 4.04. The number of hydrogen-bond acceptors (Lipinski definition) is 5. The highest BCUT2D eigenvalue weighted by molar-refractivity contribution is 9.11. The van der Waals surface area contributed by atoms with Crippen molar-refractivity contribution >= 4 is 45.5 Å². The van der Waals surface area contributed by atoms with Gasteiger partial charge < -0.3 is 9.84 Å². The Morgan fingerprint density at radius 3 is 2.80 bits per heavy atom. The van der Waals surface area contributed by atoms with Crippen LogP contribution in [-0.2, 0) is 19.1 Å². The Bertz CT molecular complexity index is 591. The lowest BCUT2D eigenvalue weighted by Gasteiger charge is -2.43. The number of carbonyl (C=O) groups excluding carboxylic acids is 2. The van der Waals surface area contributed by atoms with E-state index in [0.29, 0.717) is 12.2 Å². The standard InChI is InChI=1S/C12H10BrNO5S/c1-6(15)19-8(2-3-13)7-5-20-10-4-9(16)14(10)11(7)12(17)18/h3,10H,4-5H2,1H3,(H,17,18)/t2?,10-/m1/s1. The van der Waals surface area contributed by atoms with Gasteiger partial charge in [-0.2, -0.15) is 0 Å². The summed E-state index contributed by atoms with van der Waals surface area (Å²) in [6.07, 6.45) is 0.329. The third kappa shape index (κ3) is 2.67. The topological polar surface area (TPSA) is 83.9 Å². The molecule has 2 aliphatic rings. The number of aliphatic carboxylic acids is 1. The zero-order chi connectivity index (χ0) is 14.9. The van der Waals surface area contributed by atoms with E-state index in [9.17, 15) is 19.5 Å². The first-order chi connectivity index (χ1) is 9.45. The maximum absolute atomic E-state index is 11.6. The molecule has 0 saturated carbocycles. The van der Waals surface area contributed by atoms with Crippen molar-refractivity contribution in [2.75, 3.05) is 5.75 Å². The van der Waals surface area contributed by atoms with Crippen LogP contribution in [0.2, 0.25) is 0 Å². The molecule has 2 rings (SSSR count). The molecule has 0 aromatic carbocycles. The van der Waals surface area contributed by atoms with Crippen molar-refractivity contribution in [3.8, 4) is 0 Å². The molecular weight excluding hydrogens is 350 g/mol. The molecule has 0 aromatic heterocycles. The molecule has 1 saturated heterocycles. The van der Waals surface area contributed by atoms with Crippen molar-refractivity contribution in [3.05, 3.63) is 27.7 Å². The van der Waals surface area contributed by atoms with Gasteiger partial charge in [-0.15, -0.1) is 11.8 Å². The Hall–Kier alpha value is -1.50. The van der Waals surface area contributed by atoms with Crippen LogP contribution in [0.1, 0.15) is 13.3 Å². The van der Waals surface area contributed by atoms with E-state index in [2.05, 4.69) is 21.7 Å². The number of allylic oxidation sites excluding steroid dienone is 1. The molecule has 0 unspecified atom stereocenters. The Balaban J connectivity index is 2.51. The Labute approximate surface area is 127 Å². The van der Waals surface area contributed by atoms with Crippen LogP contribution in [-0.4, -0.2) is 39.0 Å². The summed E-state index contributed by atoms with van der Waals surface area (Å²) in [5.74, 6) is -1.70. The first kappa shape index (κ1) is 14.9. The van der Waals surface area contributed by atoms with Crippen molar-refractivity contribution in [1.29, 1.82) is 0 Å². The van der Waals surface area contributed by atoms with Gasteiger partial charge in [-0.25, -0.2) is 4.79 Å². The molecule has 1 amide bonds. The average molecular weight is 360 g/mol. The number of nitrogens with zero attached hydrogens (tertiary/aromatic N) is 1. The molecule has 8 heteroatoms. The van der Waals surface area contributed by atoms with Gasteiger partial charge in [-0.1, -0.05) is 21.7 Å². The van der Waals surface area contributed by atoms with Gasteiger partial charge in [-0.05, 0) is 0 Å². The fraction of sp³-hybridized carbons (Fsp3) is 0.333. The van der Waals surface area contributed by atoms with Gasteiger partial charge in [0.15, 0.2) is 5.76 Å². The quantitative estimate of drug-likeness (QED) is 0.356. The lowest BCUT2D eigenvalue weighted by molar-refractivity contribution is -0.146. The van der Waals surface area contributed by atoms with E-state index in [0.717, 1.165) is 0 Å². The zero-order valence-corrected chi connectivity index (χ0v) is 12.8. The van der Waals surface area contributed by atoms with Gasteiger partial charge >= 0.3 is 11.9 Å². The monoisotopic (exact) mass is 359 g/mol. The largest absolute Gasteiger partial charge is 0.477 e. The zero-order valence-electron chi connectivity index (χ0n) is 10.4. The predicted molar refractivity (Wildman–Crippen MR) is 74.7 cm³/mol. The Morgan fingerprint density at radius 2 is 2.30 bits per heavy atom. The van der Waals surface area contributed by atoms with Crippen molar-refractivity contribution in [2.45, 2.75) is 18.7 Å². The van der Waals surface area contributed by atoms with Crippen molar-refractivity contribution < 1.29 is 24.2 Å². The van der Waals surface area contributed by atoms with E-state index in [-0.39, 0.29) is 28.3 Å². The normalized spacial score (nSPS) is 20.6. The van der Waals surface area contributed by atoms with Crippen molar-refractivity contribution in [3.63, 3.8) is 0 Å². The number of carbonyl (C=O) groups is 3. The average Bonchev–Trinajstić information content (AvgIpc) is 2.35. The van der Waals surface area contributed by atoms with Crippen LogP contribution in [0.15, 0.2) is 27.7 Å². The molecule has 106 valence electrons. The molecule has 0 aromatic rings. The molecule has 0 aliphatic carbocycles. The van der Waals surface area contributed by atoms with Crippen molar-refractivity contribution in [2.24, 2.45) is 0 Å². The molecule has 0 bridgehead atoms. The third-order valence-electron chi connectivity index (χ3n) is 2.76. The molecule has 0 spiro atoms. The maximum Gasteiger partial charge on any atom is 0.353 e. The van der Waals surface area contributed by atoms with Gasteiger partial charge in [0, 0.05) is 23.2 Å². The minimum Gasteiger partial charge on any atom is -0.477 e. The number of halogens is 1. The number of β-lactam (4-membered cyclic amide) rings is 1. The molecule has 2 heterocycles. The van der Waals surface area contributed by atoms with E-state index in [4.69, 9.17) is 4.74 Å². The van der Waals surface area contributed by atoms with E-state index in [1.54, 1.807) is 0 Å². The number of amides is 1. The third-order valence-corrected chi connectivity index (χ3v) is 4.21. The smallest absolute Gasteiger partial charge is 0.353 e. The number of esters is 1. The number of carboxylic acids is 1. The first-order valence-corrected chi connectivity index (χ1v) is 7.56. The number of hydrogen-bond donors (Lipinski definition) is 1. The second kappa shape index (κ2) is 5.87. The minimum absolute atomic E-state index is 0.0115. The van der Waals surface area contributed by atoms with Crippen LogP contribution in [0.25, 0.3) is 0 Å². The fourth-order valence-electron chi connectivity index (χ4n) is 1.96. The SMILES string of the molecule is CC(=O)OC(=C=CBr)C1=C(C(=O)O)N2C(=O)C[C@H]2SC1. The minimum atomic E-state index is -1.22. The number of rotatable bonds is 3. The van der Waals surface area contributed by atoms with Gasteiger partial charge in [0.05, 0.1) is 11.8 Å². The van der Waals surface area contributed by atoms with E-state index in [1.165, 1.54) is 28.6 Å². The van der Waals surface area contributed by atoms with Crippen LogP contribution in [0.3, 0.4) is 0 Å². The fourth-order valence-corrected chi connectivity index (χ4v) is 3.43. The number of thioether (sulfide) groups is 1. The first-order valence-electron chi connectivity index (χ1n) is 5.60. The van der Waals surface area contributed by atoms with E-state index in [1.807, 2.05) is 0 Å². The van der Waals surface area contributed by atoms with Gasteiger partial charge in [0.25, 0.3) is 0 Å². The van der Waals surface area contributed by atoms with Gasteiger partial charge in [0.2, 0.25) is 5.91 Å². The van der Waals surface area contributed by atoms with Gasteiger partial charge in [0.1, 0.15) is 5.70 Å². The lowest BCUT2D eigenvalue weighted by atomic mass is 10.1. The highest BCUT2D eigenvalue weighted by Gasteiger charge is 2.46. The highest BCUT2D eigenvalue weighted by atomic mass is 79.9. The summed E-state index contributed by atoms with van der Waals surface area (Å²) in [5.41, 5.74) is 2.78. The van der Waals surface area contributed by atoms with Gasteiger partial charge in [-0.3, -0.25) is 14.5 Å². The summed E-state index contributed by atoms with van der Waals surface area (Å²) in [6, 6.07) is 0. The predicted octanol–water partition coefficient (Wildman–Crippen LogP) is 1.58. The summed E-state index contributed by atoms with van der Waals surface area (Å²) in [5, 5.41) is 9.19. The van der Waals surface area contributed by atoms with Crippen LogP contribution in [0, 0.1) is 0 Å². The van der Waals surface area contributed by atoms with Crippen LogP contribution >= 0.6 is 27.7 Å². The molecule has 1 fully saturated rings. The van der Waals surface area contributed by atoms with Crippen LogP contribution < -0.4 is 0 Å². The Kier molecular flexibility index (Phi) is 4.37. The Morgan fingerprint density at radius 1 is 1.60 bits per heavy atom. The summed E-state index contributed by atoms with van der Waals surface area (Å²) < 4.78 is 4.99. The number of fused-ring (bicyclic) bond motifs is 1. The number of carboxylic acid groups (broad SMARTS) is 1. The molecule has 20 heavy (non-hydrogen) atoms. The highest BCUT2D eigenvalue weighted by Crippen LogP contribution is 2.41. The summed E-state index contributed by atoms with van der Waals surface area (Å²) in [4.78, 5) is 36.7. The van der Waals surface area contributed by atoms with Crippen LogP contribution in [0.4, 0.5) is 0 Å². The molecule has 1 atom stereocenters. The van der Waals surface area contributed by atoms with Crippen LogP contribution in [0.5, 0.6) is 0 Å². The molecule has 0 radical (unpaired) electrons. The molecule has 2 aliphatic heterocycles. The summed E-state index contributed by atoms with van der Waals surface area (Å²) in [6.45, 7) is 1.21. The summed E-state index contributed by atoms with van der Waals surface area (Å²) >= 11 is 4.44. The number of ether oxygens (including phenoxy) is 1. The molecule has 6 nitrogen and oxygen atoms in total. The second-order valence-corrected chi connectivity index (χ2v) is 5.67.